The molecule has 0 unspecified atom stereocenters. The van der Waals surface area contributed by atoms with Gasteiger partial charge in [0.05, 0.1) is 19.6 Å². The third-order valence-electron chi connectivity index (χ3n) is 6.20. The van der Waals surface area contributed by atoms with E-state index >= 15 is 0 Å². The van der Waals surface area contributed by atoms with E-state index in [1.54, 1.807) is 20.3 Å². The van der Waals surface area contributed by atoms with Crippen LogP contribution in [-0.2, 0) is 21.5 Å². The highest BCUT2D eigenvalue weighted by Crippen LogP contribution is 2.40. The molecular weight excluding hydrogens is 420 g/mol. The summed E-state index contributed by atoms with van der Waals surface area (Å²) in [6.07, 6.45) is 4.89. The summed E-state index contributed by atoms with van der Waals surface area (Å²) in [5.41, 5.74) is 1.41. The lowest BCUT2D eigenvalue weighted by Gasteiger charge is -2.36. The smallest absolute Gasteiger partial charge is 0.257 e. The fourth-order valence-electron chi connectivity index (χ4n) is 4.40. The average molecular weight is 455 g/mol. The van der Waals surface area contributed by atoms with Crippen LogP contribution in [-0.4, -0.2) is 39.2 Å². The van der Waals surface area contributed by atoms with Crippen molar-refractivity contribution >= 4 is 11.8 Å². The molecule has 0 spiro atoms. The second-order valence-corrected chi connectivity index (χ2v) is 8.28. The van der Waals surface area contributed by atoms with Gasteiger partial charge in [-0.1, -0.05) is 37.5 Å². The standard InChI is InChI=1S/C26H34N2O5/c1-4-27-24(29)18-33-22-13-8-19(16-23(22)32-3)17-28-25(30)26(14-6-5-7-15-26)20-9-11-21(31-2)12-10-20/h8-13,16H,4-7,14-15,17-18H2,1-3H3,(H,27,29)(H,28,30). The maximum atomic E-state index is 13.5. The zero-order valence-electron chi connectivity index (χ0n) is 19.7. The summed E-state index contributed by atoms with van der Waals surface area (Å²) in [5, 5.41) is 5.84. The monoisotopic (exact) mass is 454 g/mol. The number of carbonyl (C=O) groups is 2. The third-order valence-corrected chi connectivity index (χ3v) is 6.20. The highest BCUT2D eigenvalue weighted by Gasteiger charge is 2.40. The summed E-state index contributed by atoms with van der Waals surface area (Å²) in [5.74, 6) is 1.65. The molecule has 2 aromatic rings. The van der Waals surface area contributed by atoms with Crippen LogP contribution in [0.5, 0.6) is 17.2 Å². The molecule has 33 heavy (non-hydrogen) atoms. The number of rotatable bonds is 10. The summed E-state index contributed by atoms with van der Waals surface area (Å²) >= 11 is 0. The highest BCUT2D eigenvalue weighted by molar-refractivity contribution is 5.88. The second kappa shape index (κ2) is 11.6. The Bertz CT molecular complexity index is 936. The van der Waals surface area contributed by atoms with Crippen molar-refractivity contribution < 1.29 is 23.8 Å². The van der Waals surface area contributed by atoms with Gasteiger partial charge in [-0.15, -0.1) is 0 Å². The van der Waals surface area contributed by atoms with Crippen molar-refractivity contribution in [3.63, 3.8) is 0 Å². The highest BCUT2D eigenvalue weighted by atomic mass is 16.5. The molecule has 2 amide bonds. The lowest BCUT2D eigenvalue weighted by molar-refractivity contribution is -0.128. The Hall–Kier alpha value is -3.22. The first-order valence-electron chi connectivity index (χ1n) is 11.5. The van der Waals surface area contributed by atoms with E-state index in [2.05, 4.69) is 10.6 Å². The summed E-state index contributed by atoms with van der Waals surface area (Å²) < 4.78 is 16.3. The van der Waals surface area contributed by atoms with Crippen molar-refractivity contribution in [3.8, 4) is 17.2 Å². The first-order chi connectivity index (χ1) is 16.0. The van der Waals surface area contributed by atoms with Crippen molar-refractivity contribution in [2.45, 2.75) is 51.0 Å². The number of ether oxygens (including phenoxy) is 3. The van der Waals surface area contributed by atoms with Gasteiger partial charge in [0.15, 0.2) is 18.1 Å². The Kier molecular flexibility index (Phi) is 8.58. The Morgan fingerprint density at radius 3 is 2.27 bits per heavy atom. The molecule has 2 aromatic carbocycles. The van der Waals surface area contributed by atoms with Gasteiger partial charge >= 0.3 is 0 Å². The van der Waals surface area contributed by atoms with Crippen LogP contribution in [0.15, 0.2) is 42.5 Å². The number of amides is 2. The zero-order valence-corrected chi connectivity index (χ0v) is 19.7. The van der Waals surface area contributed by atoms with Gasteiger partial charge in [0, 0.05) is 13.1 Å². The summed E-state index contributed by atoms with van der Waals surface area (Å²) in [6, 6.07) is 13.3. The fourth-order valence-corrected chi connectivity index (χ4v) is 4.40. The molecule has 0 saturated heterocycles. The molecule has 3 rings (SSSR count). The molecule has 0 atom stereocenters. The van der Waals surface area contributed by atoms with E-state index in [4.69, 9.17) is 14.2 Å². The van der Waals surface area contributed by atoms with Crippen LogP contribution in [0.25, 0.3) is 0 Å². The first kappa shape index (κ1) is 24.4. The summed E-state index contributed by atoms with van der Waals surface area (Å²) in [6.45, 7) is 2.71. The van der Waals surface area contributed by atoms with Crippen molar-refractivity contribution in [2.75, 3.05) is 27.4 Å². The van der Waals surface area contributed by atoms with Gasteiger partial charge in [0.1, 0.15) is 5.75 Å². The molecule has 2 N–H and O–H groups in total. The molecule has 0 radical (unpaired) electrons. The van der Waals surface area contributed by atoms with Gasteiger partial charge < -0.3 is 24.8 Å². The lowest BCUT2D eigenvalue weighted by atomic mass is 9.68. The minimum absolute atomic E-state index is 0.0443. The van der Waals surface area contributed by atoms with Crippen LogP contribution in [0.3, 0.4) is 0 Å². The number of benzene rings is 2. The van der Waals surface area contributed by atoms with E-state index in [1.165, 1.54) is 0 Å². The molecule has 0 bridgehead atoms. The minimum Gasteiger partial charge on any atom is -0.497 e. The molecule has 7 heteroatoms. The lowest BCUT2D eigenvalue weighted by Crippen LogP contribution is -2.45. The van der Waals surface area contributed by atoms with Crippen molar-refractivity contribution in [1.29, 1.82) is 0 Å². The molecule has 1 saturated carbocycles. The number of methoxy groups -OCH3 is 2. The van der Waals surface area contributed by atoms with Gasteiger partial charge in [-0.25, -0.2) is 0 Å². The summed E-state index contributed by atoms with van der Waals surface area (Å²) in [7, 11) is 3.19. The van der Waals surface area contributed by atoms with Gasteiger partial charge in [0.2, 0.25) is 5.91 Å². The third kappa shape index (κ3) is 5.97. The number of nitrogens with one attached hydrogen (secondary N) is 2. The van der Waals surface area contributed by atoms with Gasteiger partial charge in [-0.05, 0) is 55.2 Å². The molecular formula is C26H34N2O5. The van der Waals surface area contributed by atoms with Crippen molar-refractivity contribution in [1.82, 2.24) is 10.6 Å². The first-order valence-corrected chi connectivity index (χ1v) is 11.5. The molecule has 7 nitrogen and oxygen atoms in total. The molecule has 0 aromatic heterocycles. The number of hydrogen-bond acceptors (Lipinski definition) is 5. The fraction of sp³-hybridized carbons (Fsp3) is 0.462. The van der Waals surface area contributed by atoms with Crippen molar-refractivity contribution in [2.24, 2.45) is 0 Å². The number of likely N-dealkylation sites (N-methyl/N-ethyl adjacent to an activating group) is 1. The van der Waals surface area contributed by atoms with E-state index in [0.717, 1.165) is 49.0 Å². The summed E-state index contributed by atoms with van der Waals surface area (Å²) in [4.78, 5) is 25.1. The number of carbonyl (C=O) groups excluding carboxylic acids is 2. The van der Waals surface area contributed by atoms with E-state index < -0.39 is 5.41 Å². The van der Waals surface area contributed by atoms with Crippen LogP contribution in [0.1, 0.15) is 50.2 Å². The van der Waals surface area contributed by atoms with E-state index in [1.807, 2.05) is 43.3 Å². The Balaban J connectivity index is 1.70. The number of hydrogen-bond donors (Lipinski definition) is 2. The Morgan fingerprint density at radius 2 is 1.64 bits per heavy atom. The minimum atomic E-state index is -0.524. The predicted molar refractivity (Wildman–Crippen MR) is 127 cm³/mol. The molecule has 1 fully saturated rings. The van der Waals surface area contributed by atoms with E-state index in [9.17, 15) is 9.59 Å². The molecule has 178 valence electrons. The maximum Gasteiger partial charge on any atom is 0.257 e. The molecule has 1 aliphatic rings. The van der Waals surface area contributed by atoms with Crippen LogP contribution >= 0.6 is 0 Å². The molecule has 1 aliphatic carbocycles. The largest absolute Gasteiger partial charge is 0.497 e. The Morgan fingerprint density at radius 1 is 0.909 bits per heavy atom. The molecule has 0 heterocycles. The topological polar surface area (TPSA) is 85.9 Å². The average Bonchev–Trinajstić information content (AvgIpc) is 2.86. The zero-order chi connectivity index (χ0) is 23.7. The molecule has 0 aliphatic heterocycles. The van der Waals surface area contributed by atoms with Crippen molar-refractivity contribution in [3.05, 3.63) is 53.6 Å². The van der Waals surface area contributed by atoms with Gasteiger partial charge in [0.25, 0.3) is 5.91 Å². The van der Waals surface area contributed by atoms with Crippen LogP contribution in [0, 0.1) is 0 Å². The SMILES string of the molecule is CCNC(=O)COc1ccc(CNC(=O)C2(c3ccc(OC)cc3)CCCCC2)cc1OC. The maximum absolute atomic E-state index is 13.5. The van der Waals surface area contributed by atoms with E-state index in [0.29, 0.717) is 24.6 Å². The van der Waals surface area contributed by atoms with E-state index in [-0.39, 0.29) is 18.4 Å². The van der Waals surface area contributed by atoms with Crippen LogP contribution in [0.4, 0.5) is 0 Å². The normalized spacial score (nSPS) is 14.8. The Labute approximate surface area is 195 Å². The van der Waals surface area contributed by atoms with Gasteiger partial charge in [-0.3, -0.25) is 9.59 Å². The second-order valence-electron chi connectivity index (χ2n) is 8.28. The predicted octanol–water partition coefficient (Wildman–Crippen LogP) is 3.74. The van der Waals surface area contributed by atoms with Gasteiger partial charge in [-0.2, -0.15) is 0 Å². The quantitative estimate of drug-likeness (QED) is 0.571. The van der Waals surface area contributed by atoms with Crippen LogP contribution in [0.2, 0.25) is 0 Å². The van der Waals surface area contributed by atoms with Crippen LogP contribution < -0.4 is 24.8 Å².